The van der Waals surface area contributed by atoms with Gasteiger partial charge in [0, 0.05) is 13.1 Å². The van der Waals surface area contributed by atoms with Crippen LogP contribution in [0.4, 0.5) is 0 Å². The highest BCUT2D eigenvalue weighted by molar-refractivity contribution is 5.81. The maximum Gasteiger partial charge on any atom is 0.239 e. The van der Waals surface area contributed by atoms with Crippen LogP contribution >= 0.6 is 0 Å². The molecule has 0 heterocycles. The van der Waals surface area contributed by atoms with E-state index in [0.717, 1.165) is 19.5 Å². The highest BCUT2D eigenvalue weighted by Gasteiger charge is 2.15. The zero-order valence-corrected chi connectivity index (χ0v) is 7.63. The average Bonchev–Trinajstić information content (AvgIpc) is 2.05. The molecule has 1 atom stereocenters. The molecule has 0 spiro atoms. The molecular formula is C8H18N2O. The van der Waals surface area contributed by atoms with E-state index >= 15 is 0 Å². The summed E-state index contributed by atoms with van der Waals surface area (Å²) in [5.41, 5.74) is 5.58. The Morgan fingerprint density at radius 3 is 2.09 bits per heavy atom. The van der Waals surface area contributed by atoms with Crippen molar-refractivity contribution in [1.82, 2.24) is 4.90 Å². The fourth-order valence-electron chi connectivity index (χ4n) is 0.944. The van der Waals surface area contributed by atoms with Gasteiger partial charge in [0.1, 0.15) is 0 Å². The molecule has 0 radical (unpaired) electrons. The van der Waals surface area contributed by atoms with Crippen LogP contribution < -0.4 is 5.73 Å². The van der Waals surface area contributed by atoms with E-state index in [2.05, 4.69) is 0 Å². The number of nitrogens with zero attached hydrogens (tertiary/aromatic N) is 1. The number of rotatable bonds is 4. The van der Waals surface area contributed by atoms with Crippen molar-refractivity contribution in [2.75, 3.05) is 13.1 Å². The van der Waals surface area contributed by atoms with Gasteiger partial charge in [-0.3, -0.25) is 4.79 Å². The largest absolute Gasteiger partial charge is 0.342 e. The number of hydrogen-bond acceptors (Lipinski definition) is 2. The summed E-state index contributed by atoms with van der Waals surface area (Å²) in [6.45, 7) is 7.35. The second kappa shape index (κ2) is 5.13. The molecule has 0 aromatic rings. The van der Waals surface area contributed by atoms with Gasteiger partial charge in [-0.05, 0) is 20.3 Å². The van der Waals surface area contributed by atoms with Gasteiger partial charge in [-0.2, -0.15) is 0 Å². The van der Waals surface area contributed by atoms with Gasteiger partial charge in [0.25, 0.3) is 0 Å². The molecular weight excluding hydrogens is 140 g/mol. The zero-order chi connectivity index (χ0) is 8.85. The maximum absolute atomic E-state index is 11.3. The molecule has 11 heavy (non-hydrogen) atoms. The highest BCUT2D eigenvalue weighted by atomic mass is 16.2. The summed E-state index contributed by atoms with van der Waals surface area (Å²) in [6, 6.07) is -0.310. The summed E-state index contributed by atoms with van der Waals surface area (Å²) in [5.74, 6) is 0.0671. The van der Waals surface area contributed by atoms with Crippen molar-refractivity contribution in [2.24, 2.45) is 5.73 Å². The molecule has 0 aromatic heterocycles. The van der Waals surface area contributed by atoms with E-state index in [9.17, 15) is 4.79 Å². The molecule has 0 rings (SSSR count). The van der Waals surface area contributed by atoms with E-state index in [1.54, 1.807) is 4.90 Å². The zero-order valence-electron chi connectivity index (χ0n) is 7.63. The fraction of sp³-hybridized carbons (Fsp3) is 0.875. The molecule has 0 aromatic carbocycles. The molecule has 0 unspecified atom stereocenters. The molecule has 2 N–H and O–H groups in total. The van der Waals surface area contributed by atoms with Gasteiger partial charge in [-0.15, -0.1) is 0 Å². The third-order valence-electron chi connectivity index (χ3n) is 1.83. The lowest BCUT2D eigenvalue weighted by molar-refractivity contribution is -0.132. The first kappa shape index (κ1) is 10.4. The lowest BCUT2D eigenvalue weighted by Crippen LogP contribution is -2.43. The van der Waals surface area contributed by atoms with Crippen molar-refractivity contribution < 1.29 is 4.79 Å². The number of amides is 1. The number of nitrogens with two attached hydrogens (primary N) is 1. The van der Waals surface area contributed by atoms with Gasteiger partial charge in [-0.25, -0.2) is 0 Å². The van der Waals surface area contributed by atoms with Gasteiger partial charge >= 0.3 is 0 Å². The minimum absolute atomic E-state index is 0.0671. The maximum atomic E-state index is 11.3. The predicted molar refractivity (Wildman–Crippen MR) is 46.2 cm³/mol. The summed E-state index contributed by atoms with van der Waals surface area (Å²) < 4.78 is 0. The van der Waals surface area contributed by atoms with Gasteiger partial charge in [0.15, 0.2) is 0 Å². The monoisotopic (exact) mass is 158 g/mol. The molecule has 0 saturated heterocycles. The minimum atomic E-state index is -0.310. The molecule has 0 saturated carbocycles. The van der Waals surface area contributed by atoms with E-state index in [-0.39, 0.29) is 11.9 Å². The predicted octanol–water partition coefficient (Wildman–Crippen LogP) is 0.592. The van der Waals surface area contributed by atoms with Crippen LogP contribution in [0, 0.1) is 0 Å². The first-order valence-electron chi connectivity index (χ1n) is 4.21. The summed E-state index contributed by atoms with van der Waals surface area (Å²) in [6.07, 6.45) is 0.718. The standard InChI is InChI=1S/C8H18N2O/c1-4-7(9)8(11)10(5-2)6-3/h7H,4-6,9H2,1-3H3/t7-/m1/s1. The average molecular weight is 158 g/mol. The third-order valence-corrected chi connectivity index (χ3v) is 1.83. The quantitative estimate of drug-likeness (QED) is 0.651. The lowest BCUT2D eigenvalue weighted by Gasteiger charge is -2.21. The topological polar surface area (TPSA) is 46.3 Å². The lowest BCUT2D eigenvalue weighted by atomic mass is 10.2. The van der Waals surface area contributed by atoms with E-state index in [4.69, 9.17) is 5.73 Å². The first-order valence-corrected chi connectivity index (χ1v) is 4.21. The summed E-state index contributed by atoms with van der Waals surface area (Å²) in [4.78, 5) is 13.1. The van der Waals surface area contributed by atoms with Gasteiger partial charge in [0.05, 0.1) is 6.04 Å². The Bertz CT molecular complexity index is 121. The summed E-state index contributed by atoms with van der Waals surface area (Å²) in [5, 5.41) is 0. The number of carbonyl (C=O) groups excluding carboxylic acids is 1. The van der Waals surface area contributed by atoms with Gasteiger partial charge < -0.3 is 10.6 Å². The Balaban J connectivity index is 3.97. The molecule has 0 aliphatic rings. The molecule has 0 bridgehead atoms. The Morgan fingerprint density at radius 1 is 1.36 bits per heavy atom. The third kappa shape index (κ3) is 2.89. The van der Waals surface area contributed by atoms with E-state index in [1.807, 2.05) is 20.8 Å². The Morgan fingerprint density at radius 2 is 1.82 bits per heavy atom. The van der Waals surface area contributed by atoms with Crippen LogP contribution in [-0.2, 0) is 4.79 Å². The van der Waals surface area contributed by atoms with Gasteiger partial charge in [-0.1, -0.05) is 6.92 Å². The van der Waals surface area contributed by atoms with Crippen molar-refractivity contribution >= 4 is 5.91 Å². The Kier molecular flexibility index (Phi) is 4.86. The van der Waals surface area contributed by atoms with Crippen molar-refractivity contribution in [3.05, 3.63) is 0 Å². The molecule has 3 heteroatoms. The molecule has 0 aliphatic carbocycles. The summed E-state index contributed by atoms with van der Waals surface area (Å²) >= 11 is 0. The molecule has 0 fully saturated rings. The molecule has 3 nitrogen and oxygen atoms in total. The normalized spacial score (nSPS) is 12.7. The van der Waals surface area contributed by atoms with Crippen LogP contribution in [0.2, 0.25) is 0 Å². The second-order valence-corrected chi connectivity index (χ2v) is 2.53. The molecule has 66 valence electrons. The van der Waals surface area contributed by atoms with Crippen LogP contribution in [0.5, 0.6) is 0 Å². The van der Waals surface area contributed by atoms with Crippen molar-refractivity contribution in [3.8, 4) is 0 Å². The fourth-order valence-corrected chi connectivity index (χ4v) is 0.944. The Labute approximate surface area is 68.6 Å². The highest BCUT2D eigenvalue weighted by Crippen LogP contribution is 1.95. The van der Waals surface area contributed by atoms with Crippen LogP contribution in [0.15, 0.2) is 0 Å². The molecule has 1 amide bonds. The number of hydrogen-bond donors (Lipinski definition) is 1. The minimum Gasteiger partial charge on any atom is -0.342 e. The van der Waals surface area contributed by atoms with E-state index < -0.39 is 0 Å². The smallest absolute Gasteiger partial charge is 0.239 e. The second-order valence-electron chi connectivity index (χ2n) is 2.53. The van der Waals surface area contributed by atoms with Crippen LogP contribution in [0.25, 0.3) is 0 Å². The number of likely N-dealkylation sites (N-methyl/N-ethyl adjacent to an activating group) is 1. The van der Waals surface area contributed by atoms with Crippen molar-refractivity contribution in [3.63, 3.8) is 0 Å². The van der Waals surface area contributed by atoms with Crippen LogP contribution in [0.1, 0.15) is 27.2 Å². The van der Waals surface area contributed by atoms with Crippen molar-refractivity contribution in [1.29, 1.82) is 0 Å². The van der Waals surface area contributed by atoms with Gasteiger partial charge in [0.2, 0.25) is 5.91 Å². The van der Waals surface area contributed by atoms with E-state index in [0.29, 0.717) is 0 Å². The molecule has 0 aliphatic heterocycles. The van der Waals surface area contributed by atoms with E-state index in [1.165, 1.54) is 0 Å². The van der Waals surface area contributed by atoms with Crippen LogP contribution in [-0.4, -0.2) is 29.9 Å². The summed E-state index contributed by atoms with van der Waals surface area (Å²) in [7, 11) is 0. The Hall–Kier alpha value is -0.570. The van der Waals surface area contributed by atoms with Crippen LogP contribution in [0.3, 0.4) is 0 Å². The first-order chi connectivity index (χ1) is 5.17. The number of carbonyl (C=O) groups is 1. The van der Waals surface area contributed by atoms with Crippen molar-refractivity contribution in [2.45, 2.75) is 33.2 Å². The SMILES string of the molecule is CC[C@@H](N)C(=O)N(CC)CC.